The second-order valence-corrected chi connectivity index (χ2v) is 6.17. The molecule has 1 N–H and O–H groups in total. The average Bonchev–Trinajstić information content (AvgIpc) is 2.91. The van der Waals surface area contributed by atoms with Crippen molar-refractivity contribution in [2.45, 2.75) is 51.0 Å². The fraction of sp³-hybridized carbons (Fsp3) is 0.923. The fourth-order valence-electron chi connectivity index (χ4n) is 3.74. The topological polar surface area (TPSA) is 15.3 Å². The molecule has 0 aromatic carbocycles. The Balaban J connectivity index is 1.51. The van der Waals surface area contributed by atoms with Crippen LogP contribution in [-0.4, -0.2) is 29.1 Å². The van der Waals surface area contributed by atoms with Crippen LogP contribution in [0.2, 0.25) is 0 Å². The Morgan fingerprint density at radius 2 is 1.56 bits per heavy atom. The van der Waals surface area contributed by atoms with Crippen molar-refractivity contribution >= 4 is 17.3 Å². The van der Waals surface area contributed by atoms with Gasteiger partial charge in [-0.15, -0.1) is 0 Å². The quantitative estimate of drug-likeness (QED) is 0.707. The SMILES string of the molecule is S=C(NC1CCCC1)N1CC2CCCC2C1. The zero-order valence-corrected chi connectivity index (χ0v) is 10.8. The first-order valence-corrected chi connectivity index (χ1v) is 7.29. The maximum Gasteiger partial charge on any atom is 0.169 e. The van der Waals surface area contributed by atoms with E-state index in [1.54, 1.807) is 0 Å². The lowest BCUT2D eigenvalue weighted by Gasteiger charge is -2.24. The number of hydrogen-bond donors (Lipinski definition) is 1. The summed E-state index contributed by atoms with van der Waals surface area (Å²) in [5, 5.41) is 4.61. The van der Waals surface area contributed by atoms with Crippen molar-refractivity contribution in [2.75, 3.05) is 13.1 Å². The van der Waals surface area contributed by atoms with Gasteiger partial charge < -0.3 is 10.2 Å². The second kappa shape index (κ2) is 4.52. The molecule has 1 aliphatic heterocycles. The maximum absolute atomic E-state index is 5.54. The van der Waals surface area contributed by atoms with Gasteiger partial charge in [0.2, 0.25) is 0 Å². The van der Waals surface area contributed by atoms with Gasteiger partial charge in [0.15, 0.2) is 5.11 Å². The predicted octanol–water partition coefficient (Wildman–Crippen LogP) is 2.54. The van der Waals surface area contributed by atoms with Gasteiger partial charge in [-0.05, 0) is 49.7 Å². The van der Waals surface area contributed by atoms with Crippen molar-refractivity contribution in [3.8, 4) is 0 Å². The molecule has 0 aromatic rings. The van der Waals surface area contributed by atoms with E-state index in [2.05, 4.69) is 10.2 Å². The Hall–Kier alpha value is -0.310. The molecule has 0 aromatic heterocycles. The van der Waals surface area contributed by atoms with Crippen molar-refractivity contribution in [1.29, 1.82) is 0 Å². The van der Waals surface area contributed by atoms with Crippen LogP contribution < -0.4 is 5.32 Å². The van der Waals surface area contributed by atoms with Crippen LogP contribution in [0.5, 0.6) is 0 Å². The molecule has 3 rings (SSSR count). The highest BCUT2D eigenvalue weighted by molar-refractivity contribution is 7.80. The van der Waals surface area contributed by atoms with E-state index in [-0.39, 0.29) is 0 Å². The van der Waals surface area contributed by atoms with Crippen molar-refractivity contribution in [2.24, 2.45) is 11.8 Å². The van der Waals surface area contributed by atoms with Crippen molar-refractivity contribution in [3.05, 3.63) is 0 Å². The average molecular weight is 238 g/mol. The maximum atomic E-state index is 5.54. The van der Waals surface area contributed by atoms with Gasteiger partial charge in [-0.1, -0.05) is 19.3 Å². The van der Waals surface area contributed by atoms with Crippen LogP contribution in [0.1, 0.15) is 44.9 Å². The fourth-order valence-corrected chi connectivity index (χ4v) is 4.05. The zero-order valence-electron chi connectivity index (χ0n) is 9.95. The molecule has 3 fully saturated rings. The minimum Gasteiger partial charge on any atom is -0.360 e. The highest BCUT2D eigenvalue weighted by Crippen LogP contribution is 2.37. The lowest BCUT2D eigenvalue weighted by Crippen LogP contribution is -2.43. The van der Waals surface area contributed by atoms with Crippen molar-refractivity contribution in [1.82, 2.24) is 10.2 Å². The molecule has 3 heteroatoms. The Kier molecular flexibility index (Phi) is 3.05. The molecule has 2 nitrogen and oxygen atoms in total. The smallest absolute Gasteiger partial charge is 0.169 e. The summed E-state index contributed by atoms with van der Waals surface area (Å²) in [6, 6.07) is 0.674. The first-order valence-electron chi connectivity index (χ1n) is 6.88. The molecule has 1 saturated heterocycles. The summed E-state index contributed by atoms with van der Waals surface area (Å²) in [5.74, 6) is 1.90. The molecule has 0 bridgehead atoms. The van der Waals surface area contributed by atoms with Crippen LogP contribution in [0.25, 0.3) is 0 Å². The lowest BCUT2D eigenvalue weighted by atomic mass is 10.0. The van der Waals surface area contributed by atoms with E-state index in [4.69, 9.17) is 12.2 Å². The molecule has 1 heterocycles. The Morgan fingerprint density at radius 1 is 0.938 bits per heavy atom. The predicted molar refractivity (Wildman–Crippen MR) is 70.4 cm³/mol. The molecular formula is C13H22N2S. The minimum absolute atomic E-state index is 0.674. The van der Waals surface area contributed by atoms with E-state index in [9.17, 15) is 0 Å². The van der Waals surface area contributed by atoms with E-state index in [0.29, 0.717) is 6.04 Å². The van der Waals surface area contributed by atoms with Gasteiger partial charge in [0, 0.05) is 19.1 Å². The molecule has 2 unspecified atom stereocenters. The highest BCUT2D eigenvalue weighted by Gasteiger charge is 2.37. The van der Waals surface area contributed by atoms with Gasteiger partial charge in [0.25, 0.3) is 0 Å². The Morgan fingerprint density at radius 3 is 2.19 bits per heavy atom. The number of hydrogen-bond acceptors (Lipinski definition) is 1. The van der Waals surface area contributed by atoms with E-state index < -0.39 is 0 Å². The minimum atomic E-state index is 0.674. The number of fused-ring (bicyclic) bond motifs is 1. The molecule has 3 aliphatic rings. The Bertz CT molecular complexity index is 261. The van der Waals surface area contributed by atoms with Crippen LogP contribution >= 0.6 is 12.2 Å². The largest absolute Gasteiger partial charge is 0.360 e. The molecule has 16 heavy (non-hydrogen) atoms. The third kappa shape index (κ3) is 2.06. The first kappa shape index (κ1) is 10.8. The Labute approximate surface area is 104 Å². The van der Waals surface area contributed by atoms with E-state index in [1.807, 2.05) is 0 Å². The number of thiocarbonyl (C=S) groups is 1. The third-order valence-electron chi connectivity index (χ3n) is 4.70. The van der Waals surface area contributed by atoms with Crippen LogP contribution in [0.3, 0.4) is 0 Å². The number of likely N-dealkylation sites (tertiary alicyclic amines) is 1. The van der Waals surface area contributed by atoms with Crippen LogP contribution in [0.15, 0.2) is 0 Å². The summed E-state index contributed by atoms with van der Waals surface area (Å²) in [5.41, 5.74) is 0. The summed E-state index contributed by atoms with van der Waals surface area (Å²) in [4.78, 5) is 2.43. The highest BCUT2D eigenvalue weighted by atomic mass is 32.1. The van der Waals surface area contributed by atoms with Crippen LogP contribution in [0, 0.1) is 11.8 Å². The summed E-state index contributed by atoms with van der Waals surface area (Å²) in [6.07, 6.45) is 9.73. The van der Waals surface area contributed by atoms with E-state index in [1.165, 1.54) is 58.0 Å². The van der Waals surface area contributed by atoms with Gasteiger partial charge in [0.05, 0.1) is 0 Å². The number of rotatable bonds is 1. The molecule has 2 atom stereocenters. The standard InChI is InChI=1S/C13H22N2S/c16-13(14-12-6-1-2-7-12)15-8-10-4-3-5-11(10)9-15/h10-12H,1-9H2,(H,14,16). The molecular weight excluding hydrogens is 216 g/mol. The summed E-state index contributed by atoms with van der Waals surface area (Å²) < 4.78 is 0. The summed E-state index contributed by atoms with van der Waals surface area (Å²) in [6.45, 7) is 2.45. The van der Waals surface area contributed by atoms with Gasteiger partial charge in [0.1, 0.15) is 0 Å². The van der Waals surface area contributed by atoms with Crippen molar-refractivity contribution in [3.63, 3.8) is 0 Å². The molecule has 0 radical (unpaired) electrons. The molecule has 90 valence electrons. The van der Waals surface area contributed by atoms with Gasteiger partial charge in [-0.3, -0.25) is 0 Å². The van der Waals surface area contributed by atoms with Gasteiger partial charge in [-0.2, -0.15) is 0 Å². The molecule has 2 aliphatic carbocycles. The number of nitrogens with zero attached hydrogens (tertiary/aromatic N) is 1. The third-order valence-corrected chi connectivity index (χ3v) is 5.07. The van der Waals surface area contributed by atoms with E-state index >= 15 is 0 Å². The van der Waals surface area contributed by atoms with Gasteiger partial charge >= 0.3 is 0 Å². The number of nitrogens with one attached hydrogen (secondary N) is 1. The molecule has 0 amide bonds. The molecule has 0 spiro atoms. The zero-order chi connectivity index (χ0) is 11.0. The molecule has 2 saturated carbocycles. The lowest BCUT2D eigenvalue weighted by molar-refractivity contribution is 0.444. The monoisotopic (exact) mass is 238 g/mol. The normalized spacial score (nSPS) is 34.4. The summed E-state index contributed by atoms with van der Waals surface area (Å²) >= 11 is 5.54. The van der Waals surface area contributed by atoms with Crippen LogP contribution in [0.4, 0.5) is 0 Å². The van der Waals surface area contributed by atoms with E-state index in [0.717, 1.165) is 16.9 Å². The summed E-state index contributed by atoms with van der Waals surface area (Å²) in [7, 11) is 0. The van der Waals surface area contributed by atoms with Crippen molar-refractivity contribution < 1.29 is 0 Å². The van der Waals surface area contributed by atoms with Crippen LogP contribution in [-0.2, 0) is 0 Å². The first-order chi connectivity index (χ1) is 7.83. The second-order valence-electron chi connectivity index (χ2n) is 5.79. The van der Waals surface area contributed by atoms with Gasteiger partial charge in [-0.25, -0.2) is 0 Å².